The van der Waals surface area contributed by atoms with Gasteiger partial charge in [0.2, 0.25) is 0 Å². The molecule has 5 nitrogen and oxygen atoms in total. The minimum atomic E-state index is -0.782. The van der Waals surface area contributed by atoms with Crippen molar-refractivity contribution in [1.29, 1.82) is 0 Å². The smallest absolute Gasteiger partial charge is 0.312 e. The molecule has 0 saturated heterocycles. The molecule has 2 unspecified atom stereocenters. The van der Waals surface area contributed by atoms with Crippen LogP contribution in [0.2, 0.25) is 0 Å². The zero-order valence-electron chi connectivity index (χ0n) is 7.32. The summed E-state index contributed by atoms with van der Waals surface area (Å²) < 4.78 is 0. The summed E-state index contributed by atoms with van der Waals surface area (Å²) in [5.41, 5.74) is 4.95. The summed E-state index contributed by atoms with van der Waals surface area (Å²) in [5, 5.41) is 11.3. The van der Waals surface area contributed by atoms with Crippen molar-refractivity contribution in [2.24, 2.45) is 11.7 Å². The number of carbonyl (C=O) groups is 2. The monoisotopic (exact) mass is 186 g/mol. The Hall–Kier alpha value is -1.26. The molecule has 0 aromatic rings. The number of carboxylic acids is 1. The molecule has 1 saturated carbocycles. The lowest BCUT2D eigenvalue weighted by atomic mass is 9.86. The molecule has 0 bridgehead atoms. The fourth-order valence-electron chi connectivity index (χ4n) is 1.75. The van der Waals surface area contributed by atoms with Crippen molar-refractivity contribution in [2.75, 3.05) is 0 Å². The number of carboxylic acid groups (broad SMARTS) is 1. The van der Waals surface area contributed by atoms with Crippen molar-refractivity contribution < 1.29 is 14.7 Å². The van der Waals surface area contributed by atoms with Crippen LogP contribution < -0.4 is 11.1 Å². The van der Waals surface area contributed by atoms with Gasteiger partial charge in [-0.3, -0.25) is 4.79 Å². The lowest BCUT2D eigenvalue weighted by molar-refractivity contribution is -0.143. The van der Waals surface area contributed by atoms with Gasteiger partial charge >= 0.3 is 12.0 Å². The number of nitrogens with two attached hydrogens (primary N) is 1. The van der Waals surface area contributed by atoms with Gasteiger partial charge in [0.1, 0.15) is 0 Å². The van der Waals surface area contributed by atoms with E-state index in [1.54, 1.807) is 0 Å². The highest BCUT2D eigenvalue weighted by molar-refractivity contribution is 5.73. The van der Waals surface area contributed by atoms with Crippen LogP contribution in [0.25, 0.3) is 0 Å². The van der Waals surface area contributed by atoms with E-state index in [0.29, 0.717) is 12.8 Å². The molecular weight excluding hydrogens is 172 g/mol. The molecule has 0 spiro atoms. The number of hydrogen-bond acceptors (Lipinski definition) is 2. The van der Waals surface area contributed by atoms with Crippen LogP contribution in [-0.2, 0) is 4.79 Å². The Labute approximate surface area is 76.3 Å². The number of nitrogens with one attached hydrogen (secondary N) is 1. The Balaban J connectivity index is 2.41. The van der Waals surface area contributed by atoms with Crippen LogP contribution in [0.15, 0.2) is 0 Å². The molecule has 4 N–H and O–H groups in total. The van der Waals surface area contributed by atoms with Gasteiger partial charge in [0.25, 0.3) is 0 Å². The van der Waals surface area contributed by atoms with Crippen LogP contribution in [0, 0.1) is 5.92 Å². The molecule has 1 rings (SSSR count). The standard InChI is InChI=1S/C8H14N2O3/c9-8(13)10-6-3-1-2-5(4-6)7(11)12/h5-6H,1-4H2,(H,11,12)(H3,9,10,13). The SMILES string of the molecule is NC(=O)NC1CCCC(C(=O)O)C1. The lowest BCUT2D eigenvalue weighted by Crippen LogP contribution is -2.42. The normalized spacial score (nSPS) is 28.0. The summed E-state index contributed by atoms with van der Waals surface area (Å²) in [5.74, 6) is -1.11. The predicted octanol–water partition coefficient (Wildman–Crippen LogP) is 0.298. The molecule has 0 radical (unpaired) electrons. The van der Waals surface area contributed by atoms with E-state index >= 15 is 0 Å². The van der Waals surface area contributed by atoms with Gasteiger partial charge in [-0.1, -0.05) is 6.42 Å². The van der Waals surface area contributed by atoms with Crippen molar-refractivity contribution in [3.05, 3.63) is 0 Å². The molecule has 2 atom stereocenters. The molecule has 0 aromatic heterocycles. The van der Waals surface area contributed by atoms with Crippen LogP contribution in [-0.4, -0.2) is 23.1 Å². The first-order valence-electron chi connectivity index (χ1n) is 4.38. The molecule has 5 heteroatoms. The third-order valence-corrected chi connectivity index (χ3v) is 2.37. The first-order valence-corrected chi connectivity index (χ1v) is 4.38. The Kier molecular flexibility index (Phi) is 3.11. The predicted molar refractivity (Wildman–Crippen MR) is 46.1 cm³/mol. The first kappa shape index (κ1) is 9.83. The topological polar surface area (TPSA) is 92.4 Å². The van der Waals surface area contributed by atoms with E-state index < -0.39 is 12.0 Å². The van der Waals surface area contributed by atoms with E-state index in [-0.39, 0.29) is 12.0 Å². The van der Waals surface area contributed by atoms with Gasteiger partial charge in [0.05, 0.1) is 5.92 Å². The van der Waals surface area contributed by atoms with Gasteiger partial charge in [-0.05, 0) is 19.3 Å². The van der Waals surface area contributed by atoms with Crippen LogP contribution in [0.1, 0.15) is 25.7 Å². The van der Waals surface area contributed by atoms with Crippen LogP contribution in [0.5, 0.6) is 0 Å². The van der Waals surface area contributed by atoms with Crippen LogP contribution in [0.3, 0.4) is 0 Å². The molecule has 74 valence electrons. The Morgan fingerprint density at radius 1 is 1.38 bits per heavy atom. The molecular formula is C8H14N2O3. The third-order valence-electron chi connectivity index (χ3n) is 2.37. The zero-order valence-corrected chi connectivity index (χ0v) is 7.32. The second-order valence-electron chi connectivity index (χ2n) is 3.41. The number of amides is 2. The van der Waals surface area contributed by atoms with Crippen molar-refractivity contribution in [1.82, 2.24) is 5.32 Å². The van der Waals surface area contributed by atoms with Gasteiger partial charge < -0.3 is 16.2 Å². The molecule has 0 heterocycles. The number of rotatable bonds is 2. The summed E-state index contributed by atoms with van der Waals surface area (Å²) in [6.07, 6.45) is 2.86. The van der Waals surface area contributed by atoms with E-state index in [1.807, 2.05) is 0 Å². The van der Waals surface area contributed by atoms with Gasteiger partial charge in [-0.25, -0.2) is 4.79 Å². The van der Waals surface area contributed by atoms with E-state index in [1.165, 1.54) is 0 Å². The third kappa shape index (κ3) is 2.93. The fourth-order valence-corrected chi connectivity index (χ4v) is 1.75. The fraction of sp³-hybridized carbons (Fsp3) is 0.750. The molecule has 13 heavy (non-hydrogen) atoms. The lowest BCUT2D eigenvalue weighted by Gasteiger charge is -2.26. The number of carbonyl (C=O) groups excluding carboxylic acids is 1. The van der Waals surface area contributed by atoms with Crippen LogP contribution in [0.4, 0.5) is 4.79 Å². The minimum absolute atomic E-state index is 0.0626. The molecule has 1 aliphatic rings. The average Bonchev–Trinajstić information content (AvgIpc) is 2.03. The molecule has 0 aliphatic heterocycles. The molecule has 0 aromatic carbocycles. The first-order chi connectivity index (χ1) is 6.09. The van der Waals surface area contributed by atoms with Crippen molar-refractivity contribution in [3.63, 3.8) is 0 Å². The minimum Gasteiger partial charge on any atom is -0.481 e. The van der Waals surface area contributed by atoms with Crippen molar-refractivity contribution in [2.45, 2.75) is 31.7 Å². The summed E-state index contributed by atoms with van der Waals surface area (Å²) in [4.78, 5) is 21.1. The van der Waals surface area contributed by atoms with E-state index in [4.69, 9.17) is 10.8 Å². The summed E-state index contributed by atoms with van der Waals surface area (Å²) >= 11 is 0. The highest BCUT2D eigenvalue weighted by Gasteiger charge is 2.27. The molecule has 1 aliphatic carbocycles. The van der Waals surface area contributed by atoms with Crippen molar-refractivity contribution >= 4 is 12.0 Å². The summed E-state index contributed by atoms with van der Waals surface area (Å²) in [7, 11) is 0. The van der Waals surface area contributed by atoms with Gasteiger partial charge in [-0.15, -0.1) is 0 Å². The number of aliphatic carboxylic acids is 1. The maximum Gasteiger partial charge on any atom is 0.312 e. The van der Waals surface area contributed by atoms with Gasteiger partial charge in [0.15, 0.2) is 0 Å². The second kappa shape index (κ2) is 4.11. The van der Waals surface area contributed by atoms with E-state index in [2.05, 4.69) is 5.32 Å². The average molecular weight is 186 g/mol. The van der Waals surface area contributed by atoms with E-state index in [0.717, 1.165) is 12.8 Å². The largest absolute Gasteiger partial charge is 0.481 e. The Morgan fingerprint density at radius 3 is 2.62 bits per heavy atom. The second-order valence-corrected chi connectivity index (χ2v) is 3.41. The molecule has 2 amide bonds. The van der Waals surface area contributed by atoms with E-state index in [9.17, 15) is 9.59 Å². The highest BCUT2D eigenvalue weighted by Crippen LogP contribution is 2.24. The summed E-state index contributed by atoms with van der Waals surface area (Å²) in [6, 6.07) is -0.636. The van der Waals surface area contributed by atoms with Crippen molar-refractivity contribution in [3.8, 4) is 0 Å². The van der Waals surface area contributed by atoms with Gasteiger partial charge in [-0.2, -0.15) is 0 Å². The maximum atomic E-state index is 10.6. The zero-order chi connectivity index (χ0) is 9.84. The maximum absolute atomic E-state index is 10.6. The van der Waals surface area contributed by atoms with Gasteiger partial charge in [0, 0.05) is 6.04 Å². The number of primary amides is 1. The Bertz CT molecular complexity index is 217. The Morgan fingerprint density at radius 2 is 2.08 bits per heavy atom. The molecule has 1 fully saturated rings. The number of urea groups is 1. The van der Waals surface area contributed by atoms with Crippen LogP contribution >= 0.6 is 0 Å². The number of hydrogen-bond donors (Lipinski definition) is 3. The highest BCUT2D eigenvalue weighted by atomic mass is 16.4. The quantitative estimate of drug-likeness (QED) is 0.579. The summed E-state index contributed by atoms with van der Waals surface area (Å²) in [6.45, 7) is 0.